The molecular weight excluding hydrogens is 352 g/mol. The molecule has 4 aliphatic heterocycles. The molecule has 0 aliphatic carbocycles. The topological polar surface area (TPSA) is 31.4 Å². The Bertz CT molecular complexity index is 509. The highest BCUT2D eigenvalue weighted by atomic mass is 16.5. The minimum absolute atomic E-state index is 0.370. The lowest BCUT2D eigenvalue weighted by atomic mass is 9.87. The number of likely N-dealkylation sites (N-methyl/N-ethyl adjacent to an activating group) is 2. The molecular formula is C22H42N4O2. The Balaban J connectivity index is 1.47. The van der Waals surface area contributed by atoms with Crippen molar-refractivity contribution < 1.29 is 9.47 Å². The molecule has 4 aliphatic rings. The fraction of sp³-hybridized carbons (Fsp3) is 1.00. The van der Waals surface area contributed by atoms with E-state index in [4.69, 9.17) is 9.47 Å². The first-order valence-electron chi connectivity index (χ1n) is 11.5. The van der Waals surface area contributed by atoms with Crippen molar-refractivity contribution in [3.8, 4) is 0 Å². The molecule has 4 rings (SSSR count). The molecule has 0 aromatic carbocycles. The summed E-state index contributed by atoms with van der Waals surface area (Å²) >= 11 is 0. The largest absolute Gasteiger partial charge is 0.380 e. The summed E-state index contributed by atoms with van der Waals surface area (Å²) in [7, 11) is 4.69. The van der Waals surface area contributed by atoms with Crippen LogP contribution in [0.4, 0.5) is 0 Å². The highest BCUT2D eigenvalue weighted by Crippen LogP contribution is 2.30. The number of ether oxygens (including phenoxy) is 2. The van der Waals surface area contributed by atoms with Gasteiger partial charge < -0.3 is 24.2 Å². The molecule has 6 nitrogen and oxygen atoms in total. The molecule has 4 heterocycles. The maximum Gasteiger partial charge on any atom is 0.0622 e. The minimum Gasteiger partial charge on any atom is -0.380 e. The second-order valence-corrected chi connectivity index (χ2v) is 10.5. The Hall–Kier alpha value is -0.240. The highest BCUT2D eigenvalue weighted by molar-refractivity contribution is 4.94. The molecule has 0 aromatic heterocycles. The molecule has 0 spiro atoms. The first-order valence-corrected chi connectivity index (χ1v) is 11.5. The molecule has 4 atom stereocenters. The Labute approximate surface area is 172 Å². The van der Waals surface area contributed by atoms with Crippen molar-refractivity contribution in [1.29, 1.82) is 0 Å². The molecule has 28 heavy (non-hydrogen) atoms. The van der Waals surface area contributed by atoms with Gasteiger partial charge in [0.2, 0.25) is 0 Å². The third kappa shape index (κ3) is 4.73. The van der Waals surface area contributed by atoms with Crippen molar-refractivity contribution in [1.82, 2.24) is 19.6 Å². The van der Waals surface area contributed by atoms with Crippen LogP contribution in [0.5, 0.6) is 0 Å². The van der Waals surface area contributed by atoms with Gasteiger partial charge in [-0.25, -0.2) is 0 Å². The van der Waals surface area contributed by atoms with E-state index in [1.54, 1.807) is 0 Å². The third-order valence-electron chi connectivity index (χ3n) is 7.71. The molecule has 0 aromatic rings. The van der Waals surface area contributed by atoms with Crippen molar-refractivity contribution >= 4 is 0 Å². The summed E-state index contributed by atoms with van der Waals surface area (Å²) in [6, 6.07) is 1.86. The first kappa shape index (κ1) is 21.0. The van der Waals surface area contributed by atoms with E-state index in [2.05, 4.69) is 47.5 Å². The van der Waals surface area contributed by atoms with Crippen LogP contribution in [0.25, 0.3) is 0 Å². The van der Waals surface area contributed by atoms with Gasteiger partial charge in [-0.1, -0.05) is 6.92 Å². The van der Waals surface area contributed by atoms with E-state index in [1.807, 2.05) is 0 Å². The zero-order valence-electron chi connectivity index (χ0n) is 18.6. The maximum atomic E-state index is 5.74. The van der Waals surface area contributed by atoms with Crippen molar-refractivity contribution in [2.75, 3.05) is 86.3 Å². The van der Waals surface area contributed by atoms with Gasteiger partial charge in [0.05, 0.1) is 19.8 Å². The van der Waals surface area contributed by atoms with Gasteiger partial charge in [-0.05, 0) is 47.0 Å². The SMILES string of the molecule is C[C@H]1CN(C2CCOC2)CC([C@H]2CN(CC3(C)COC3)CCCN2C)CN1C. The molecule has 162 valence electrons. The van der Waals surface area contributed by atoms with Crippen LogP contribution in [0, 0.1) is 11.3 Å². The van der Waals surface area contributed by atoms with Gasteiger partial charge in [0.1, 0.15) is 0 Å². The van der Waals surface area contributed by atoms with Gasteiger partial charge in [-0.3, -0.25) is 4.90 Å². The van der Waals surface area contributed by atoms with Crippen LogP contribution in [0.2, 0.25) is 0 Å². The Morgan fingerprint density at radius 2 is 1.79 bits per heavy atom. The standard InChI is InChI=1S/C22H42N4O2/c1-18-10-26(20-6-9-27-14-20)12-19(11-24(18)4)21-13-25(8-5-7-23(21)3)15-22(2)16-28-17-22/h18-21H,5-17H2,1-4H3/t18-,19?,20?,21+/m0/s1. The molecule has 0 saturated carbocycles. The Morgan fingerprint density at radius 3 is 2.46 bits per heavy atom. The van der Waals surface area contributed by atoms with Crippen LogP contribution < -0.4 is 0 Å². The fourth-order valence-electron chi connectivity index (χ4n) is 5.75. The zero-order chi connectivity index (χ0) is 19.7. The lowest BCUT2D eigenvalue weighted by molar-refractivity contribution is -0.116. The zero-order valence-corrected chi connectivity index (χ0v) is 18.6. The molecule has 2 unspecified atom stereocenters. The molecule has 4 saturated heterocycles. The minimum atomic E-state index is 0.370. The fourth-order valence-corrected chi connectivity index (χ4v) is 5.75. The number of hydrogen-bond donors (Lipinski definition) is 0. The van der Waals surface area contributed by atoms with Crippen LogP contribution in [0.1, 0.15) is 26.7 Å². The lowest BCUT2D eigenvalue weighted by Crippen LogP contribution is -2.53. The van der Waals surface area contributed by atoms with Crippen LogP contribution in [0.15, 0.2) is 0 Å². The monoisotopic (exact) mass is 394 g/mol. The smallest absolute Gasteiger partial charge is 0.0622 e. The molecule has 4 fully saturated rings. The lowest BCUT2D eigenvalue weighted by Gasteiger charge is -2.43. The average Bonchev–Trinajstić information content (AvgIpc) is 3.05. The third-order valence-corrected chi connectivity index (χ3v) is 7.71. The van der Waals surface area contributed by atoms with Crippen LogP contribution in [0.3, 0.4) is 0 Å². The Kier molecular flexibility index (Phi) is 6.65. The summed E-state index contributed by atoms with van der Waals surface area (Å²) in [5, 5.41) is 0. The summed E-state index contributed by atoms with van der Waals surface area (Å²) in [5.41, 5.74) is 0.370. The van der Waals surface area contributed by atoms with Gasteiger partial charge in [0.25, 0.3) is 0 Å². The number of hydrogen-bond acceptors (Lipinski definition) is 6. The van der Waals surface area contributed by atoms with E-state index < -0.39 is 0 Å². The van der Waals surface area contributed by atoms with Crippen molar-refractivity contribution in [2.24, 2.45) is 11.3 Å². The van der Waals surface area contributed by atoms with Gasteiger partial charge in [-0.15, -0.1) is 0 Å². The molecule has 0 bridgehead atoms. The van der Waals surface area contributed by atoms with E-state index in [1.165, 1.54) is 58.7 Å². The molecule has 0 radical (unpaired) electrons. The number of rotatable bonds is 4. The number of nitrogens with zero attached hydrogens (tertiary/aromatic N) is 4. The summed E-state index contributed by atoms with van der Waals surface area (Å²) in [6.07, 6.45) is 2.48. The maximum absolute atomic E-state index is 5.74. The summed E-state index contributed by atoms with van der Waals surface area (Å²) < 4.78 is 11.3. The van der Waals surface area contributed by atoms with E-state index in [9.17, 15) is 0 Å². The normalized spacial score (nSPS) is 39.4. The van der Waals surface area contributed by atoms with Crippen molar-refractivity contribution in [2.45, 2.75) is 44.8 Å². The van der Waals surface area contributed by atoms with Crippen LogP contribution in [-0.2, 0) is 9.47 Å². The van der Waals surface area contributed by atoms with E-state index >= 15 is 0 Å². The Morgan fingerprint density at radius 1 is 0.964 bits per heavy atom. The van der Waals surface area contributed by atoms with Crippen molar-refractivity contribution in [3.05, 3.63) is 0 Å². The molecule has 0 amide bonds. The quantitative estimate of drug-likeness (QED) is 0.709. The van der Waals surface area contributed by atoms with Crippen molar-refractivity contribution in [3.63, 3.8) is 0 Å². The van der Waals surface area contributed by atoms with Crippen LogP contribution in [-0.4, -0.2) is 124 Å². The summed E-state index contributed by atoms with van der Waals surface area (Å²) in [6.45, 7) is 17.0. The van der Waals surface area contributed by atoms with E-state index in [0.717, 1.165) is 26.4 Å². The van der Waals surface area contributed by atoms with Gasteiger partial charge >= 0.3 is 0 Å². The first-order chi connectivity index (χ1) is 13.4. The average molecular weight is 395 g/mol. The van der Waals surface area contributed by atoms with Gasteiger partial charge in [-0.2, -0.15) is 0 Å². The predicted molar refractivity (Wildman–Crippen MR) is 113 cm³/mol. The molecule has 0 N–H and O–H groups in total. The second-order valence-electron chi connectivity index (χ2n) is 10.5. The van der Waals surface area contributed by atoms with Gasteiger partial charge in [0.15, 0.2) is 0 Å². The molecule has 6 heteroatoms. The summed E-state index contributed by atoms with van der Waals surface area (Å²) in [5.74, 6) is 0.687. The van der Waals surface area contributed by atoms with E-state index in [-0.39, 0.29) is 0 Å². The summed E-state index contributed by atoms with van der Waals surface area (Å²) in [4.78, 5) is 10.8. The van der Waals surface area contributed by atoms with Gasteiger partial charge in [0, 0.05) is 68.8 Å². The van der Waals surface area contributed by atoms with E-state index in [0.29, 0.717) is 29.5 Å². The predicted octanol–water partition coefficient (Wildman–Crippen LogP) is 1.07. The second kappa shape index (κ2) is 8.86. The van der Waals surface area contributed by atoms with Crippen LogP contribution >= 0.6 is 0 Å². The highest BCUT2D eigenvalue weighted by Gasteiger charge is 2.40.